The van der Waals surface area contributed by atoms with E-state index in [0.717, 1.165) is 0 Å². The standard InChI is InChI=1S/2C5H8O4.O.Ti/c2*6-4(7)2-1-3-5(8)9;;/h2*1-3H2,(H,6,7)(H,8,9);;/q;;-2;+4/p-2. The van der Waals surface area contributed by atoms with Gasteiger partial charge in [0.05, 0.1) is 0 Å². The van der Waals surface area contributed by atoms with E-state index in [1.165, 1.54) is 0 Å². The van der Waals surface area contributed by atoms with Crippen molar-refractivity contribution in [2.75, 3.05) is 0 Å². The Kier molecular flexibility index (Phi) is 23.7. The van der Waals surface area contributed by atoms with Crippen LogP contribution in [0, 0.1) is 0 Å². The maximum atomic E-state index is 9.79. The van der Waals surface area contributed by atoms with Crippen molar-refractivity contribution in [3.63, 3.8) is 0 Å². The van der Waals surface area contributed by atoms with Crippen LogP contribution < -0.4 is 10.2 Å². The van der Waals surface area contributed by atoms with E-state index in [2.05, 4.69) is 0 Å². The predicted molar refractivity (Wildman–Crippen MR) is 53.7 cm³/mol. The van der Waals surface area contributed by atoms with E-state index in [1.807, 2.05) is 0 Å². The average Bonchev–Trinajstić information content (AvgIpc) is 2.15. The van der Waals surface area contributed by atoms with Crippen molar-refractivity contribution in [2.24, 2.45) is 0 Å². The summed E-state index contributed by atoms with van der Waals surface area (Å²) >= 11 is 0. The Morgan fingerprint density at radius 1 is 0.700 bits per heavy atom. The summed E-state index contributed by atoms with van der Waals surface area (Å²) in [4.78, 5) is 38.9. The van der Waals surface area contributed by atoms with Gasteiger partial charge in [0.15, 0.2) is 0 Å². The van der Waals surface area contributed by atoms with Crippen LogP contribution in [0.5, 0.6) is 0 Å². The SMILES string of the molecule is O=C(O)CCCC(=O)O.O=C([O-])CCCC(=O)[O-].[O-2].[Ti+4]. The largest absolute Gasteiger partial charge is 4.00 e. The first-order valence-electron chi connectivity index (χ1n) is 5.09. The van der Waals surface area contributed by atoms with Crippen LogP contribution in [0.4, 0.5) is 0 Å². The first-order chi connectivity index (χ1) is 8.25. The van der Waals surface area contributed by atoms with Gasteiger partial charge in [0.25, 0.3) is 0 Å². The molecule has 10 heteroatoms. The molecule has 0 saturated heterocycles. The Morgan fingerprint density at radius 2 is 0.950 bits per heavy atom. The van der Waals surface area contributed by atoms with Gasteiger partial charge in [-0.2, -0.15) is 0 Å². The van der Waals surface area contributed by atoms with Crippen LogP contribution in [0.2, 0.25) is 0 Å². The summed E-state index contributed by atoms with van der Waals surface area (Å²) in [5, 5.41) is 35.4. The van der Waals surface area contributed by atoms with Crippen molar-refractivity contribution in [1.82, 2.24) is 0 Å². The molecular formula is C10H14O9Ti. The Balaban J connectivity index is -0.000000116. The Hall–Kier alpha value is -1.45. The molecule has 0 aliphatic rings. The summed E-state index contributed by atoms with van der Waals surface area (Å²) in [6, 6.07) is 0. The first kappa shape index (κ1) is 27.0. The zero-order valence-electron chi connectivity index (χ0n) is 10.5. The van der Waals surface area contributed by atoms with Gasteiger partial charge < -0.3 is 35.5 Å². The Bertz CT molecular complexity index is 245. The van der Waals surface area contributed by atoms with Gasteiger partial charge in [-0.05, 0) is 25.7 Å². The molecule has 0 rings (SSSR count). The number of carbonyl (C=O) groups is 4. The van der Waals surface area contributed by atoms with Gasteiger partial charge in [0, 0.05) is 24.8 Å². The molecular weight excluding hydrogens is 312 g/mol. The van der Waals surface area contributed by atoms with Gasteiger partial charge in [0.1, 0.15) is 0 Å². The van der Waals surface area contributed by atoms with Gasteiger partial charge in [-0.25, -0.2) is 0 Å². The molecule has 112 valence electrons. The third-order valence-corrected chi connectivity index (χ3v) is 1.54. The van der Waals surface area contributed by atoms with E-state index in [1.54, 1.807) is 0 Å². The molecule has 0 bridgehead atoms. The van der Waals surface area contributed by atoms with E-state index in [0.29, 0.717) is 0 Å². The van der Waals surface area contributed by atoms with Gasteiger partial charge in [-0.1, -0.05) is 0 Å². The molecule has 0 aromatic rings. The van der Waals surface area contributed by atoms with Crippen LogP contribution in [0.3, 0.4) is 0 Å². The van der Waals surface area contributed by atoms with Gasteiger partial charge >= 0.3 is 33.7 Å². The van der Waals surface area contributed by atoms with Crippen molar-refractivity contribution >= 4 is 23.9 Å². The number of hydrogen-bond donors (Lipinski definition) is 2. The maximum Gasteiger partial charge on any atom is 4.00 e. The molecule has 0 aromatic carbocycles. The second kappa shape index (κ2) is 17.6. The van der Waals surface area contributed by atoms with Crippen LogP contribution in [0.25, 0.3) is 0 Å². The summed E-state index contributed by atoms with van der Waals surface area (Å²) in [5.41, 5.74) is 0. The summed E-state index contributed by atoms with van der Waals surface area (Å²) in [6.45, 7) is 0. The monoisotopic (exact) mass is 326 g/mol. The first-order valence-corrected chi connectivity index (χ1v) is 5.09. The van der Waals surface area contributed by atoms with Crippen molar-refractivity contribution in [1.29, 1.82) is 0 Å². The van der Waals surface area contributed by atoms with E-state index in [9.17, 15) is 29.4 Å². The second-order valence-corrected chi connectivity index (χ2v) is 3.24. The van der Waals surface area contributed by atoms with Crippen molar-refractivity contribution in [3.8, 4) is 0 Å². The molecule has 0 aliphatic carbocycles. The third kappa shape index (κ3) is 36.0. The fraction of sp³-hybridized carbons (Fsp3) is 0.600. The Labute approximate surface area is 129 Å². The minimum absolute atomic E-state index is 0. The topological polar surface area (TPSA) is 183 Å². The maximum absolute atomic E-state index is 9.79. The van der Waals surface area contributed by atoms with Crippen molar-refractivity contribution < 1.29 is 66.8 Å². The van der Waals surface area contributed by atoms with Gasteiger partial charge in [-0.15, -0.1) is 0 Å². The smallest absolute Gasteiger partial charge is 2.00 e. The fourth-order valence-corrected chi connectivity index (χ4v) is 0.768. The molecule has 2 N–H and O–H groups in total. The Morgan fingerprint density at radius 3 is 1.15 bits per heavy atom. The van der Waals surface area contributed by atoms with E-state index in [-0.39, 0.29) is 65.7 Å². The zero-order valence-corrected chi connectivity index (χ0v) is 12.1. The number of aliphatic carboxylic acids is 4. The minimum atomic E-state index is -1.23. The number of carboxylic acid groups (broad SMARTS) is 4. The van der Waals surface area contributed by atoms with E-state index in [4.69, 9.17) is 10.2 Å². The fourth-order valence-electron chi connectivity index (χ4n) is 0.768. The molecule has 9 nitrogen and oxygen atoms in total. The molecule has 0 spiro atoms. The number of carbonyl (C=O) groups excluding carboxylic acids is 2. The molecule has 0 heterocycles. The quantitative estimate of drug-likeness (QED) is 0.473. The van der Waals surface area contributed by atoms with Gasteiger partial charge in [0.2, 0.25) is 0 Å². The molecule has 0 atom stereocenters. The van der Waals surface area contributed by atoms with E-state index >= 15 is 0 Å². The van der Waals surface area contributed by atoms with E-state index < -0.39 is 23.9 Å². The molecule has 0 radical (unpaired) electrons. The molecule has 0 fully saturated rings. The van der Waals surface area contributed by atoms with Crippen LogP contribution >= 0.6 is 0 Å². The van der Waals surface area contributed by atoms with Crippen LogP contribution in [-0.4, -0.2) is 34.1 Å². The van der Waals surface area contributed by atoms with Crippen LogP contribution in [-0.2, 0) is 46.4 Å². The predicted octanol–water partition coefficient (Wildman–Crippen LogP) is -2.14. The summed E-state index contributed by atoms with van der Waals surface area (Å²) in [5.74, 6) is -4.35. The molecule has 0 saturated carbocycles. The van der Waals surface area contributed by atoms with Gasteiger partial charge in [-0.3, -0.25) is 9.59 Å². The number of carboxylic acids is 4. The summed E-state index contributed by atoms with van der Waals surface area (Å²) < 4.78 is 0. The summed E-state index contributed by atoms with van der Waals surface area (Å²) in [7, 11) is 0. The van der Waals surface area contributed by atoms with Crippen LogP contribution in [0.15, 0.2) is 0 Å². The zero-order chi connectivity index (χ0) is 14.6. The molecule has 0 unspecified atom stereocenters. The second-order valence-electron chi connectivity index (χ2n) is 3.24. The number of rotatable bonds is 8. The minimum Gasteiger partial charge on any atom is -2.00 e. The molecule has 0 aromatic heterocycles. The molecule has 20 heavy (non-hydrogen) atoms. The van der Waals surface area contributed by atoms with Crippen molar-refractivity contribution in [3.05, 3.63) is 0 Å². The normalized spacial score (nSPS) is 8.00. The van der Waals surface area contributed by atoms with Crippen LogP contribution in [0.1, 0.15) is 38.5 Å². The summed E-state index contributed by atoms with van der Waals surface area (Å²) in [6.07, 6.45) is -0.254. The number of hydrogen-bond acceptors (Lipinski definition) is 6. The third-order valence-electron chi connectivity index (χ3n) is 1.54. The average molecular weight is 326 g/mol. The molecule has 0 amide bonds. The molecule has 0 aliphatic heterocycles. The van der Waals surface area contributed by atoms with Crippen molar-refractivity contribution in [2.45, 2.75) is 38.5 Å².